The molecule has 1 unspecified atom stereocenters. The van der Waals surface area contributed by atoms with Gasteiger partial charge in [-0.15, -0.1) is 0 Å². The van der Waals surface area contributed by atoms with Gasteiger partial charge in [0.2, 0.25) is 0 Å². The quantitative estimate of drug-likeness (QED) is 0.680. The van der Waals surface area contributed by atoms with Crippen molar-refractivity contribution in [2.24, 2.45) is 0 Å². The highest BCUT2D eigenvalue weighted by atomic mass is 19.1. The van der Waals surface area contributed by atoms with Crippen LogP contribution in [0.25, 0.3) is 0 Å². The number of ether oxygens (including phenoxy) is 1. The van der Waals surface area contributed by atoms with E-state index in [1.807, 2.05) is 0 Å². The number of hydrogen-bond donors (Lipinski definition) is 0. The Bertz CT molecular complexity index is 250. The summed E-state index contributed by atoms with van der Waals surface area (Å²) in [6.45, 7) is -0.110. The molecule has 3 heteroatoms. The van der Waals surface area contributed by atoms with Gasteiger partial charge in [0, 0.05) is 12.7 Å². The van der Waals surface area contributed by atoms with Crippen LogP contribution in [0.1, 0.15) is 11.7 Å². The number of benzene rings is 1. The van der Waals surface area contributed by atoms with Crippen molar-refractivity contribution in [1.82, 2.24) is 0 Å². The Morgan fingerprint density at radius 2 is 2.08 bits per heavy atom. The summed E-state index contributed by atoms with van der Waals surface area (Å²) in [5.74, 6) is -0.526. The molecular formula is C9H10F2O. The van der Waals surface area contributed by atoms with E-state index in [4.69, 9.17) is 0 Å². The van der Waals surface area contributed by atoms with E-state index in [0.717, 1.165) is 0 Å². The Morgan fingerprint density at radius 3 is 2.67 bits per heavy atom. The van der Waals surface area contributed by atoms with Crippen LogP contribution in [-0.4, -0.2) is 13.7 Å². The Hall–Kier alpha value is -0.960. The molecule has 0 saturated carbocycles. The smallest absolute Gasteiger partial charge is 0.151 e. The molecule has 0 spiro atoms. The van der Waals surface area contributed by atoms with Crippen LogP contribution in [0.4, 0.5) is 8.78 Å². The molecule has 0 aliphatic carbocycles. The number of methoxy groups -OCH3 is 1. The lowest BCUT2D eigenvalue weighted by Crippen LogP contribution is -2.02. The minimum Gasteiger partial charge on any atom is -0.381 e. The lowest BCUT2D eigenvalue weighted by atomic mass is 10.1. The van der Waals surface area contributed by atoms with Crippen LogP contribution in [0.5, 0.6) is 0 Å². The van der Waals surface area contributed by atoms with Gasteiger partial charge in [-0.2, -0.15) is 0 Å². The molecule has 0 fully saturated rings. The Balaban J connectivity index is 2.79. The van der Waals surface area contributed by atoms with Crippen LogP contribution >= 0.6 is 0 Å². The first-order valence-corrected chi connectivity index (χ1v) is 3.63. The first-order chi connectivity index (χ1) is 5.75. The molecular weight excluding hydrogens is 162 g/mol. The van der Waals surface area contributed by atoms with Crippen molar-refractivity contribution in [1.29, 1.82) is 0 Å². The SMILES string of the molecule is COCC(F)c1ccccc1F. The third-order valence-corrected chi connectivity index (χ3v) is 1.56. The zero-order chi connectivity index (χ0) is 8.97. The van der Waals surface area contributed by atoms with Gasteiger partial charge in [-0.25, -0.2) is 8.78 Å². The number of halogens is 2. The maximum atomic E-state index is 13.0. The minimum absolute atomic E-state index is 0.0550. The largest absolute Gasteiger partial charge is 0.381 e. The fourth-order valence-electron chi connectivity index (χ4n) is 0.965. The van der Waals surface area contributed by atoms with Gasteiger partial charge in [0.25, 0.3) is 0 Å². The molecule has 0 bridgehead atoms. The third kappa shape index (κ3) is 2.01. The molecule has 1 rings (SSSR count). The van der Waals surface area contributed by atoms with Crippen molar-refractivity contribution in [2.75, 3.05) is 13.7 Å². The summed E-state index contributed by atoms with van der Waals surface area (Å²) < 4.78 is 30.5. The summed E-state index contributed by atoms with van der Waals surface area (Å²) >= 11 is 0. The van der Waals surface area contributed by atoms with Gasteiger partial charge < -0.3 is 4.74 Å². The van der Waals surface area contributed by atoms with Crippen LogP contribution in [0.15, 0.2) is 24.3 Å². The van der Waals surface area contributed by atoms with Crippen LogP contribution in [0.3, 0.4) is 0 Å². The van der Waals surface area contributed by atoms with Crippen molar-refractivity contribution in [3.8, 4) is 0 Å². The molecule has 1 nitrogen and oxygen atoms in total. The predicted molar refractivity (Wildman–Crippen MR) is 42.1 cm³/mol. The zero-order valence-corrected chi connectivity index (χ0v) is 6.76. The second-order valence-corrected chi connectivity index (χ2v) is 2.44. The topological polar surface area (TPSA) is 9.23 Å². The molecule has 0 aliphatic rings. The highest BCUT2D eigenvalue weighted by molar-refractivity contribution is 5.19. The van der Waals surface area contributed by atoms with Gasteiger partial charge >= 0.3 is 0 Å². The van der Waals surface area contributed by atoms with E-state index in [2.05, 4.69) is 4.74 Å². The molecule has 0 saturated heterocycles. The molecule has 0 N–H and O–H groups in total. The predicted octanol–water partition coefficient (Wildman–Crippen LogP) is 2.48. The van der Waals surface area contributed by atoms with Gasteiger partial charge in [-0.3, -0.25) is 0 Å². The lowest BCUT2D eigenvalue weighted by molar-refractivity contribution is 0.122. The summed E-state index contributed by atoms with van der Waals surface area (Å²) in [4.78, 5) is 0. The van der Waals surface area contributed by atoms with Crippen LogP contribution < -0.4 is 0 Å². The summed E-state index contributed by atoms with van der Waals surface area (Å²) in [6, 6.07) is 5.77. The fraction of sp³-hybridized carbons (Fsp3) is 0.333. The highest BCUT2D eigenvalue weighted by Crippen LogP contribution is 2.20. The molecule has 1 atom stereocenters. The van der Waals surface area contributed by atoms with E-state index >= 15 is 0 Å². The molecule has 1 aromatic rings. The van der Waals surface area contributed by atoms with Crippen LogP contribution in [-0.2, 0) is 4.74 Å². The minimum atomic E-state index is -1.38. The Labute approximate surface area is 70.0 Å². The summed E-state index contributed by atoms with van der Waals surface area (Å²) in [5, 5.41) is 0. The monoisotopic (exact) mass is 172 g/mol. The number of alkyl halides is 1. The molecule has 0 radical (unpaired) electrons. The molecule has 0 amide bonds. The van der Waals surface area contributed by atoms with E-state index < -0.39 is 12.0 Å². The van der Waals surface area contributed by atoms with E-state index in [9.17, 15) is 8.78 Å². The molecule has 1 aromatic carbocycles. The normalized spacial score (nSPS) is 12.9. The van der Waals surface area contributed by atoms with E-state index in [1.54, 1.807) is 6.07 Å². The zero-order valence-electron chi connectivity index (χ0n) is 6.76. The first-order valence-electron chi connectivity index (χ1n) is 3.63. The van der Waals surface area contributed by atoms with Crippen LogP contribution in [0, 0.1) is 5.82 Å². The molecule has 0 aliphatic heterocycles. The second kappa shape index (κ2) is 4.16. The van der Waals surface area contributed by atoms with E-state index in [1.165, 1.54) is 25.3 Å². The number of rotatable bonds is 3. The second-order valence-electron chi connectivity index (χ2n) is 2.44. The molecule has 12 heavy (non-hydrogen) atoms. The Morgan fingerprint density at radius 1 is 1.42 bits per heavy atom. The maximum absolute atomic E-state index is 13.0. The van der Waals surface area contributed by atoms with Crippen molar-refractivity contribution in [3.63, 3.8) is 0 Å². The van der Waals surface area contributed by atoms with Crippen molar-refractivity contribution >= 4 is 0 Å². The standard InChI is InChI=1S/C9H10F2O/c1-12-6-9(11)7-4-2-3-5-8(7)10/h2-5,9H,6H2,1H3. The van der Waals surface area contributed by atoms with Gasteiger partial charge in [-0.1, -0.05) is 18.2 Å². The first kappa shape index (κ1) is 9.13. The molecule has 0 heterocycles. The average Bonchev–Trinajstić information content (AvgIpc) is 2.05. The summed E-state index contributed by atoms with van der Waals surface area (Å²) in [7, 11) is 1.38. The average molecular weight is 172 g/mol. The fourth-order valence-corrected chi connectivity index (χ4v) is 0.965. The molecule has 66 valence electrons. The molecule has 0 aromatic heterocycles. The Kier molecular flexibility index (Phi) is 3.17. The number of hydrogen-bond acceptors (Lipinski definition) is 1. The maximum Gasteiger partial charge on any atom is 0.151 e. The summed E-state index contributed by atoms with van der Waals surface area (Å²) in [5.41, 5.74) is 0.0550. The van der Waals surface area contributed by atoms with Crippen molar-refractivity contribution in [3.05, 3.63) is 35.6 Å². The van der Waals surface area contributed by atoms with Crippen LogP contribution in [0.2, 0.25) is 0 Å². The van der Waals surface area contributed by atoms with Gasteiger partial charge in [0.05, 0.1) is 6.61 Å². The third-order valence-electron chi connectivity index (χ3n) is 1.56. The van der Waals surface area contributed by atoms with Crippen molar-refractivity contribution in [2.45, 2.75) is 6.17 Å². The van der Waals surface area contributed by atoms with Gasteiger partial charge in [0.1, 0.15) is 5.82 Å². The highest BCUT2D eigenvalue weighted by Gasteiger charge is 2.12. The van der Waals surface area contributed by atoms with E-state index in [-0.39, 0.29) is 12.2 Å². The van der Waals surface area contributed by atoms with Crippen molar-refractivity contribution < 1.29 is 13.5 Å². The van der Waals surface area contributed by atoms with E-state index in [0.29, 0.717) is 0 Å². The lowest BCUT2D eigenvalue weighted by Gasteiger charge is -2.07. The van der Waals surface area contributed by atoms with Gasteiger partial charge in [-0.05, 0) is 6.07 Å². The van der Waals surface area contributed by atoms with Gasteiger partial charge in [0.15, 0.2) is 6.17 Å². The summed E-state index contributed by atoms with van der Waals surface area (Å²) in [6.07, 6.45) is -1.38.